The summed E-state index contributed by atoms with van der Waals surface area (Å²) in [5, 5.41) is 20.3. The molecule has 1 aliphatic heterocycles. The Bertz CT molecular complexity index is 1220. The van der Waals surface area contributed by atoms with Crippen LogP contribution in [0.3, 0.4) is 0 Å². The number of nitrogens with one attached hydrogen (secondary N) is 3. The van der Waals surface area contributed by atoms with E-state index in [4.69, 9.17) is 4.74 Å². The number of esters is 1. The molecule has 0 radical (unpaired) electrons. The van der Waals surface area contributed by atoms with Crippen molar-refractivity contribution in [2.75, 3.05) is 18.5 Å². The quantitative estimate of drug-likeness (QED) is 0.331. The van der Waals surface area contributed by atoms with Crippen molar-refractivity contribution in [1.82, 2.24) is 10.6 Å². The van der Waals surface area contributed by atoms with Crippen molar-refractivity contribution in [2.24, 2.45) is 5.92 Å². The Kier molecular flexibility index (Phi) is 9.70. The van der Waals surface area contributed by atoms with Gasteiger partial charge in [-0.1, -0.05) is 55.3 Å². The fourth-order valence-electron chi connectivity index (χ4n) is 5.19. The molecule has 1 aliphatic carbocycles. The molecule has 9 heteroatoms. The van der Waals surface area contributed by atoms with Gasteiger partial charge in [0, 0.05) is 18.5 Å². The average Bonchev–Trinajstić information content (AvgIpc) is 3.40. The summed E-state index contributed by atoms with van der Waals surface area (Å²) in [7, 11) is 0. The summed E-state index contributed by atoms with van der Waals surface area (Å²) >= 11 is 0. The van der Waals surface area contributed by atoms with Gasteiger partial charge in [0.25, 0.3) is 5.91 Å². The van der Waals surface area contributed by atoms with Crippen LogP contribution >= 0.6 is 0 Å². The summed E-state index contributed by atoms with van der Waals surface area (Å²) in [5.41, 5.74) is -0.0877. The number of fused-ring (bicyclic) bond motifs is 1. The number of hydrogen-bond acceptors (Lipinski definition) is 6. The van der Waals surface area contributed by atoms with Crippen LogP contribution < -0.4 is 16.0 Å². The number of carbonyl (C=O) groups excluding carboxylic acids is 4. The van der Waals surface area contributed by atoms with Gasteiger partial charge in [0.05, 0.1) is 18.1 Å². The summed E-state index contributed by atoms with van der Waals surface area (Å²) in [4.78, 5) is 51.8. The second-order valence-corrected chi connectivity index (χ2v) is 10.5. The van der Waals surface area contributed by atoms with Gasteiger partial charge < -0.3 is 25.8 Å². The second-order valence-electron chi connectivity index (χ2n) is 10.5. The number of allylic oxidation sites excluding steroid dienone is 2. The van der Waals surface area contributed by atoms with E-state index in [0.29, 0.717) is 37.8 Å². The van der Waals surface area contributed by atoms with Gasteiger partial charge in [-0.2, -0.15) is 0 Å². The molecule has 0 spiro atoms. The molecule has 9 nitrogen and oxygen atoms in total. The number of anilines is 1. The predicted molar refractivity (Wildman–Crippen MR) is 148 cm³/mol. The van der Waals surface area contributed by atoms with E-state index in [2.05, 4.69) is 16.0 Å². The van der Waals surface area contributed by atoms with E-state index in [1.54, 1.807) is 6.07 Å². The van der Waals surface area contributed by atoms with Gasteiger partial charge in [0.1, 0.15) is 12.6 Å². The third-order valence-electron chi connectivity index (χ3n) is 7.47. The van der Waals surface area contributed by atoms with Crippen molar-refractivity contribution in [3.8, 4) is 0 Å². The largest absolute Gasteiger partial charge is 0.463 e. The molecule has 0 bridgehead atoms. The van der Waals surface area contributed by atoms with Crippen LogP contribution in [0.4, 0.5) is 5.69 Å². The third-order valence-corrected chi connectivity index (χ3v) is 7.47. The predicted octanol–water partition coefficient (Wildman–Crippen LogP) is 3.36. The Morgan fingerprint density at radius 2 is 1.79 bits per heavy atom. The monoisotopic (exact) mass is 535 g/mol. The molecule has 1 saturated carbocycles. The summed E-state index contributed by atoms with van der Waals surface area (Å²) in [6, 6.07) is 12.1. The maximum absolute atomic E-state index is 13.4. The minimum Gasteiger partial charge on any atom is -0.463 e. The lowest BCUT2D eigenvalue weighted by atomic mass is 9.95. The highest BCUT2D eigenvalue weighted by atomic mass is 16.5. The molecule has 2 aromatic carbocycles. The molecule has 4 N–H and O–H groups in total. The molecular formula is C30H37N3O6. The first kappa shape index (κ1) is 28.3. The Balaban J connectivity index is 1.48. The minimum atomic E-state index is -1.14. The third kappa shape index (κ3) is 7.89. The van der Waals surface area contributed by atoms with Crippen LogP contribution in [0.2, 0.25) is 0 Å². The summed E-state index contributed by atoms with van der Waals surface area (Å²) in [6.45, 7) is -0.457. The van der Waals surface area contributed by atoms with E-state index in [1.165, 1.54) is 0 Å². The molecule has 208 valence electrons. The Labute approximate surface area is 228 Å². The number of amides is 3. The summed E-state index contributed by atoms with van der Waals surface area (Å²) in [6.07, 6.45) is 8.62. The number of aliphatic hydroxyl groups is 1. The van der Waals surface area contributed by atoms with Crippen molar-refractivity contribution in [3.63, 3.8) is 0 Å². The average molecular weight is 536 g/mol. The van der Waals surface area contributed by atoms with Gasteiger partial charge >= 0.3 is 5.97 Å². The summed E-state index contributed by atoms with van der Waals surface area (Å²) in [5.74, 6) is -2.49. The molecule has 1 heterocycles. The Morgan fingerprint density at radius 1 is 1.03 bits per heavy atom. The van der Waals surface area contributed by atoms with E-state index in [9.17, 15) is 24.3 Å². The number of benzene rings is 2. The van der Waals surface area contributed by atoms with E-state index >= 15 is 0 Å². The van der Waals surface area contributed by atoms with E-state index in [0.717, 1.165) is 23.6 Å². The first-order chi connectivity index (χ1) is 18.9. The molecule has 2 aliphatic rings. The minimum absolute atomic E-state index is 0.0866. The van der Waals surface area contributed by atoms with Crippen molar-refractivity contribution in [2.45, 2.75) is 69.4 Å². The van der Waals surface area contributed by atoms with E-state index in [-0.39, 0.29) is 32.0 Å². The van der Waals surface area contributed by atoms with Crippen molar-refractivity contribution >= 4 is 40.2 Å². The SMILES string of the molecule is O=C(C[C@H]1CC=CCCCC(=O)OC[C@@H](C(=O)Nc2ccc3ccccc3c2)NC1=O)NC1(CO)CCCC1. The first-order valence-corrected chi connectivity index (χ1v) is 13.7. The van der Waals surface area contributed by atoms with Gasteiger partial charge in [-0.3, -0.25) is 19.2 Å². The van der Waals surface area contributed by atoms with Gasteiger partial charge in [-0.25, -0.2) is 0 Å². The Hall–Kier alpha value is -3.72. The standard InChI is InChI=1S/C30H37N3O6/c34-20-30(15-7-8-16-30)33-26(35)18-23-11-3-1-2-4-12-27(36)39-19-25(32-28(23)37)29(38)31-24-14-13-21-9-5-6-10-22(21)17-24/h1,3,5-6,9-10,13-14,17,23,25,34H,2,4,7-8,11-12,15-16,18-20H2,(H,31,38)(H,32,37)(H,33,35)/t23-,25+/m1/s1. The molecule has 3 amide bonds. The summed E-state index contributed by atoms with van der Waals surface area (Å²) < 4.78 is 5.33. The first-order valence-electron chi connectivity index (χ1n) is 13.7. The van der Waals surface area contributed by atoms with Crippen molar-refractivity contribution in [1.29, 1.82) is 0 Å². The highest BCUT2D eigenvalue weighted by Crippen LogP contribution is 2.29. The molecular weight excluding hydrogens is 498 g/mol. The van der Waals surface area contributed by atoms with Crippen molar-refractivity contribution in [3.05, 3.63) is 54.6 Å². The fraction of sp³-hybridized carbons (Fsp3) is 0.467. The van der Waals surface area contributed by atoms with Crippen LogP contribution in [0, 0.1) is 5.92 Å². The second kappa shape index (κ2) is 13.4. The number of cyclic esters (lactones) is 1. The zero-order valence-corrected chi connectivity index (χ0v) is 22.1. The van der Waals surface area contributed by atoms with Gasteiger partial charge in [-0.15, -0.1) is 0 Å². The molecule has 2 aromatic rings. The van der Waals surface area contributed by atoms with Gasteiger partial charge in [0.15, 0.2) is 0 Å². The fourth-order valence-corrected chi connectivity index (χ4v) is 5.19. The number of carbonyl (C=O) groups is 4. The van der Waals surface area contributed by atoms with Gasteiger partial charge in [-0.05, 0) is 55.0 Å². The highest BCUT2D eigenvalue weighted by molar-refractivity contribution is 5.99. The van der Waals surface area contributed by atoms with Crippen LogP contribution in [0.5, 0.6) is 0 Å². The number of hydrogen-bond donors (Lipinski definition) is 4. The normalized spacial score (nSPS) is 22.1. The molecule has 2 atom stereocenters. The van der Waals surface area contributed by atoms with E-state index in [1.807, 2.05) is 48.6 Å². The number of rotatable bonds is 6. The Morgan fingerprint density at radius 3 is 2.56 bits per heavy atom. The van der Waals surface area contributed by atoms with Crippen LogP contribution in [-0.4, -0.2) is 53.6 Å². The van der Waals surface area contributed by atoms with Gasteiger partial charge in [0.2, 0.25) is 11.8 Å². The molecule has 0 saturated heterocycles. The van der Waals surface area contributed by atoms with Crippen LogP contribution in [0.15, 0.2) is 54.6 Å². The maximum Gasteiger partial charge on any atom is 0.305 e. The lowest BCUT2D eigenvalue weighted by Gasteiger charge is -2.29. The van der Waals surface area contributed by atoms with Crippen LogP contribution in [0.1, 0.15) is 57.8 Å². The van der Waals surface area contributed by atoms with Crippen molar-refractivity contribution < 1.29 is 29.0 Å². The zero-order chi connectivity index (χ0) is 27.7. The van der Waals surface area contributed by atoms with E-state index < -0.39 is 35.3 Å². The molecule has 4 rings (SSSR count). The highest BCUT2D eigenvalue weighted by Gasteiger charge is 2.36. The smallest absolute Gasteiger partial charge is 0.305 e. The molecule has 0 unspecified atom stereocenters. The van der Waals surface area contributed by atoms with Crippen LogP contribution in [0.25, 0.3) is 10.8 Å². The lowest BCUT2D eigenvalue weighted by Crippen LogP contribution is -2.51. The number of aliphatic hydroxyl groups excluding tert-OH is 1. The maximum atomic E-state index is 13.4. The zero-order valence-electron chi connectivity index (χ0n) is 22.1. The molecule has 1 fully saturated rings. The topological polar surface area (TPSA) is 134 Å². The lowest BCUT2D eigenvalue weighted by molar-refractivity contribution is -0.146. The van der Waals surface area contributed by atoms with Crippen LogP contribution in [-0.2, 0) is 23.9 Å². The number of ether oxygens (including phenoxy) is 1. The molecule has 0 aromatic heterocycles. The molecule has 39 heavy (non-hydrogen) atoms.